The van der Waals surface area contributed by atoms with E-state index in [1.54, 1.807) is 19.2 Å². The maximum atomic E-state index is 12.9. The smallest absolute Gasteiger partial charge is 0.257 e. The van der Waals surface area contributed by atoms with E-state index < -0.39 is 0 Å². The van der Waals surface area contributed by atoms with Gasteiger partial charge in [-0.25, -0.2) is 4.98 Å². The van der Waals surface area contributed by atoms with Crippen LogP contribution in [0, 0.1) is 13.8 Å². The topological polar surface area (TPSA) is 64.5 Å². The van der Waals surface area contributed by atoms with Crippen molar-refractivity contribution in [2.24, 2.45) is 0 Å². The van der Waals surface area contributed by atoms with E-state index in [9.17, 15) is 4.79 Å². The van der Waals surface area contributed by atoms with E-state index in [-0.39, 0.29) is 12.0 Å². The summed E-state index contributed by atoms with van der Waals surface area (Å²) in [5, 5.41) is 0. The number of carbonyl (C=O) groups is 1. The summed E-state index contributed by atoms with van der Waals surface area (Å²) in [6, 6.07) is 9.13. The quantitative estimate of drug-likeness (QED) is 0.855. The van der Waals surface area contributed by atoms with E-state index in [0.29, 0.717) is 29.6 Å². The van der Waals surface area contributed by atoms with Crippen LogP contribution >= 0.6 is 0 Å². The van der Waals surface area contributed by atoms with Crippen molar-refractivity contribution in [3.63, 3.8) is 0 Å². The number of piperidine rings is 1. The number of likely N-dealkylation sites (tertiary alicyclic amines) is 1. The van der Waals surface area contributed by atoms with E-state index in [2.05, 4.69) is 9.97 Å². The molecule has 1 unspecified atom stereocenters. The summed E-state index contributed by atoms with van der Waals surface area (Å²) >= 11 is 0. The van der Waals surface area contributed by atoms with Gasteiger partial charge in [-0.2, -0.15) is 4.98 Å². The minimum absolute atomic E-state index is 0.0270. The van der Waals surface area contributed by atoms with Crippen LogP contribution in [0.4, 0.5) is 0 Å². The average molecular weight is 341 g/mol. The Bertz CT molecular complexity index is 743. The first-order chi connectivity index (χ1) is 12.1. The first kappa shape index (κ1) is 17.2. The molecule has 1 aromatic heterocycles. The normalized spacial score (nSPS) is 17.2. The highest BCUT2D eigenvalue weighted by atomic mass is 16.5. The third-order valence-corrected chi connectivity index (χ3v) is 4.23. The van der Waals surface area contributed by atoms with Crippen LogP contribution in [0.1, 0.15) is 34.7 Å². The molecule has 25 heavy (non-hydrogen) atoms. The average Bonchev–Trinajstić information content (AvgIpc) is 2.60. The largest absolute Gasteiger partial charge is 0.496 e. The van der Waals surface area contributed by atoms with Crippen molar-refractivity contribution in [3.8, 4) is 11.6 Å². The maximum absolute atomic E-state index is 12.9. The standard InChI is InChI=1S/C19H23N3O3/c1-13-11-18(21-14(2)20-13)25-15-7-6-10-22(12-15)19(23)16-8-4-5-9-17(16)24-3/h4-5,8-9,11,15H,6-7,10,12H2,1-3H3. The molecule has 0 saturated carbocycles. The highest BCUT2D eigenvalue weighted by molar-refractivity contribution is 5.97. The Morgan fingerprint density at radius 1 is 1.24 bits per heavy atom. The van der Waals surface area contributed by atoms with Crippen molar-refractivity contribution >= 4 is 5.91 Å². The molecular formula is C19H23N3O3. The lowest BCUT2D eigenvalue weighted by molar-refractivity contribution is 0.0524. The lowest BCUT2D eigenvalue weighted by Gasteiger charge is -2.33. The van der Waals surface area contributed by atoms with Crippen LogP contribution < -0.4 is 9.47 Å². The lowest BCUT2D eigenvalue weighted by Crippen LogP contribution is -2.44. The van der Waals surface area contributed by atoms with Crippen LogP contribution in [-0.2, 0) is 0 Å². The van der Waals surface area contributed by atoms with Gasteiger partial charge in [-0.05, 0) is 38.8 Å². The molecule has 0 N–H and O–H groups in total. The van der Waals surface area contributed by atoms with Gasteiger partial charge in [0.1, 0.15) is 17.7 Å². The Balaban J connectivity index is 1.71. The van der Waals surface area contributed by atoms with Gasteiger partial charge in [-0.3, -0.25) is 4.79 Å². The Morgan fingerprint density at radius 2 is 2.04 bits per heavy atom. The summed E-state index contributed by atoms with van der Waals surface area (Å²) < 4.78 is 11.3. The number of aromatic nitrogens is 2. The number of ether oxygens (including phenoxy) is 2. The van der Waals surface area contributed by atoms with Crippen LogP contribution in [0.5, 0.6) is 11.6 Å². The SMILES string of the molecule is COc1ccccc1C(=O)N1CCCC(Oc2cc(C)nc(C)n2)C1. The minimum Gasteiger partial charge on any atom is -0.496 e. The number of para-hydroxylation sites is 1. The van der Waals surface area contributed by atoms with Gasteiger partial charge in [0, 0.05) is 18.3 Å². The molecule has 0 aliphatic carbocycles. The van der Waals surface area contributed by atoms with Gasteiger partial charge in [-0.1, -0.05) is 12.1 Å². The molecular weight excluding hydrogens is 318 g/mol. The highest BCUT2D eigenvalue weighted by Crippen LogP contribution is 2.23. The number of benzene rings is 1. The van der Waals surface area contributed by atoms with Crippen molar-refractivity contribution in [1.29, 1.82) is 0 Å². The van der Waals surface area contributed by atoms with Gasteiger partial charge in [0.15, 0.2) is 0 Å². The van der Waals surface area contributed by atoms with Crippen molar-refractivity contribution < 1.29 is 14.3 Å². The Labute approximate surface area is 147 Å². The molecule has 6 heteroatoms. The molecule has 1 amide bonds. The maximum Gasteiger partial charge on any atom is 0.257 e. The lowest BCUT2D eigenvalue weighted by atomic mass is 10.1. The number of hydrogen-bond donors (Lipinski definition) is 0. The van der Waals surface area contributed by atoms with E-state index in [0.717, 1.165) is 25.1 Å². The third-order valence-electron chi connectivity index (χ3n) is 4.23. The van der Waals surface area contributed by atoms with Crippen molar-refractivity contribution in [2.75, 3.05) is 20.2 Å². The number of methoxy groups -OCH3 is 1. The summed E-state index contributed by atoms with van der Waals surface area (Å²) in [6.07, 6.45) is 1.73. The molecule has 2 aromatic rings. The predicted molar refractivity (Wildman–Crippen MR) is 94.1 cm³/mol. The second kappa shape index (κ2) is 7.51. The molecule has 1 aliphatic rings. The second-order valence-corrected chi connectivity index (χ2v) is 6.23. The summed E-state index contributed by atoms with van der Waals surface area (Å²) in [7, 11) is 1.58. The molecule has 1 atom stereocenters. The number of aryl methyl sites for hydroxylation is 2. The Morgan fingerprint density at radius 3 is 2.80 bits per heavy atom. The van der Waals surface area contributed by atoms with Gasteiger partial charge in [-0.15, -0.1) is 0 Å². The van der Waals surface area contributed by atoms with Gasteiger partial charge >= 0.3 is 0 Å². The fraction of sp³-hybridized carbons (Fsp3) is 0.421. The molecule has 132 valence electrons. The number of rotatable bonds is 4. The van der Waals surface area contributed by atoms with Gasteiger partial charge in [0.25, 0.3) is 5.91 Å². The Kier molecular flexibility index (Phi) is 5.16. The zero-order valence-corrected chi connectivity index (χ0v) is 14.9. The van der Waals surface area contributed by atoms with Gasteiger partial charge < -0.3 is 14.4 Å². The fourth-order valence-electron chi connectivity index (χ4n) is 3.12. The summed E-state index contributed by atoms with van der Waals surface area (Å²) in [4.78, 5) is 23.3. The molecule has 2 heterocycles. The summed E-state index contributed by atoms with van der Waals surface area (Å²) in [5.41, 5.74) is 1.46. The second-order valence-electron chi connectivity index (χ2n) is 6.23. The van der Waals surface area contributed by atoms with E-state index >= 15 is 0 Å². The number of carbonyl (C=O) groups excluding carboxylic acids is 1. The van der Waals surface area contributed by atoms with E-state index in [1.807, 2.05) is 36.9 Å². The molecule has 1 fully saturated rings. The number of amides is 1. The molecule has 6 nitrogen and oxygen atoms in total. The van der Waals surface area contributed by atoms with Crippen LogP contribution in [0.3, 0.4) is 0 Å². The van der Waals surface area contributed by atoms with Crippen molar-refractivity contribution in [1.82, 2.24) is 14.9 Å². The van der Waals surface area contributed by atoms with Crippen molar-refractivity contribution in [2.45, 2.75) is 32.8 Å². The zero-order chi connectivity index (χ0) is 17.8. The minimum atomic E-state index is -0.0684. The monoisotopic (exact) mass is 341 g/mol. The summed E-state index contributed by atoms with van der Waals surface area (Å²) in [6.45, 7) is 5.02. The zero-order valence-electron chi connectivity index (χ0n) is 14.9. The summed E-state index contributed by atoms with van der Waals surface area (Å²) in [5.74, 6) is 1.83. The number of hydrogen-bond acceptors (Lipinski definition) is 5. The molecule has 0 bridgehead atoms. The third kappa shape index (κ3) is 4.07. The van der Waals surface area contributed by atoms with Crippen LogP contribution in [-0.4, -0.2) is 47.1 Å². The predicted octanol–water partition coefficient (Wildman–Crippen LogP) is 2.79. The first-order valence-electron chi connectivity index (χ1n) is 8.48. The molecule has 1 saturated heterocycles. The van der Waals surface area contributed by atoms with Crippen LogP contribution in [0.15, 0.2) is 30.3 Å². The van der Waals surface area contributed by atoms with Crippen molar-refractivity contribution in [3.05, 3.63) is 47.4 Å². The van der Waals surface area contributed by atoms with E-state index in [4.69, 9.17) is 9.47 Å². The molecule has 1 aliphatic heterocycles. The molecule has 1 aromatic carbocycles. The van der Waals surface area contributed by atoms with E-state index in [1.165, 1.54) is 0 Å². The fourth-order valence-corrected chi connectivity index (χ4v) is 3.12. The molecule has 0 radical (unpaired) electrons. The first-order valence-corrected chi connectivity index (χ1v) is 8.48. The van der Waals surface area contributed by atoms with Crippen LogP contribution in [0.2, 0.25) is 0 Å². The van der Waals surface area contributed by atoms with Crippen LogP contribution in [0.25, 0.3) is 0 Å². The highest BCUT2D eigenvalue weighted by Gasteiger charge is 2.27. The Hall–Kier alpha value is -2.63. The molecule has 3 rings (SSSR count). The van der Waals surface area contributed by atoms with Gasteiger partial charge in [0.05, 0.1) is 19.2 Å². The van der Waals surface area contributed by atoms with Gasteiger partial charge in [0.2, 0.25) is 5.88 Å². The number of nitrogens with zero attached hydrogens (tertiary/aromatic N) is 3. The molecule has 0 spiro atoms.